The Morgan fingerprint density at radius 2 is 2.11 bits per heavy atom. The molecule has 0 saturated heterocycles. The summed E-state index contributed by atoms with van der Waals surface area (Å²) in [5, 5.41) is 0. The number of nitrogen functional groups attached to an aromatic ring is 1. The Hall–Kier alpha value is -1.96. The second kappa shape index (κ2) is 4.37. The molecular weight excluding hydrogens is 253 g/mol. The summed E-state index contributed by atoms with van der Waals surface area (Å²) in [4.78, 5) is 11.4. The Bertz CT molecular complexity index is 615. The molecule has 0 atom stereocenters. The second-order valence-electron chi connectivity index (χ2n) is 3.54. The molecular formula is C10H9F3N2O3. The average Bonchev–Trinajstić information content (AvgIpc) is 2.54. The fraction of sp³-hybridized carbons (Fsp3) is 0.300. The molecule has 0 radical (unpaired) electrons. The average molecular weight is 262 g/mol. The van der Waals surface area contributed by atoms with Crippen molar-refractivity contribution in [3.8, 4) is 0 Å². The lowest BCUT2D eigenvalue weighted by Crippen LogP contribution is -2.22. The van der Waals surface area contributed by atoms with Gasteiger partial charge in [0.05, 0.1) is 18.7 Å². The first-order chi connectivity index (χ1) is 8.37. The van der Waals surface area contributed by atoms with Crippen molar-refractivity contribution in [3.63, 3.8) is 0 Å². The molecule has 0 bridgehead atoms. The molecule has 5 nitrogen and oxygen atoms in total. The fourth-order valence-corrected chi connectivity index (χ4v) is 1.54. The highest BCUT2D eigenvalue weighted by Gasteiger charge is 2.28. The van der Waals surface area contributed by atoms with Crippen LogP contribution in [0.5, 0.6) is 0 Å². The van der Waals surface area contributed by atoms with E-state index < -0.39 is 18.7 Å². The number of benzene rings is 1. The number of halogens is 3. The van der Waals surface area contributed by atoms with Gasteiger partial charge >= 0.3 is 12.1 Å². The molecule has 0 aliphatic rings. The molecule has 1 heterocycles. The number of aromatic nitrogens is 1. The predicted molar refractivity (Wildman–Crippen MR) is 56.9 cm³/mol. The third-order valence-corrected chi connectivity index (χ3v) is 2.27. The lowest BCUT2D eigenvalue weighted by molar-refractivity contribution is -0.325. The molecule has 0 fully saturated rings. The zero-order valence-corrected chi connectivity index (χ0v) is 9.03. The van der Waals surface area contributed by atoms with E-state index in [-0.39, 0.29) is 12.1 Å². The van der Waals surface area contributed by atoms with E-state index in [0.29, 0.717) is 11.2 Å². The molecule has 8 heteroatoms. The quantitative estimate of drug-likeness (QED) is 0.855. The number of nitrogens with zero attached hydrogens (tertiary/aromatic N) is 1. The summed E-state index contributed by atoms with van der Waals surface area (Å²) in [5.41, 5.74) is 6.52. The Morgan fingerprint density at radius 1 is 1.39 bits per heavy atom. The highest BCUT2D eigenvalue weighted by atomic mass is 19.4. The minimum atomic E-state index is -4.72. The van der Waals surface area contributed by atoms with Gasteiger partial charge in [-0.15, -0.1) is 13.2 Å². The molecule has 0 aliphatic carbocycles. The van der Waals surface area contributed by atoms with Crippen LogP contribution in [0, 0.1) is 0 Å². The first kappa shape index (κ1) is 12.5. The van der Waals surface area contributed by atoms with Crippen molar-refractivity contribution in [2.24, 2.45) is 0 Å². The number of ether oxygens (including phenoxy) is 1. The Labute approximate surface area is 98.5 Å². The van der Waals surface area contributed by atoms with Crippen LogP contribution in [0.2, 0.25) is 0 Å². The van der Waals surface area contributed by atoms with Gasteiger partial charge in [0.25, 0.3) is 0 Å². The van der Waals surface area contributed by atoms with Crippen LogP contribution >= 0.6 is 0 Å². The summed E-state index contributed by atoms with van der Waals surface area (Å²) < 4.78 is 44.9. The van der Waals surface area contributed by atoms with E-state index in [1.165, 1.54) is 18.2 Å². The number of hydrogen-bond donors (Lipinski definition) is 1. The van der Waals surface area contributed by atoms with Gasteiger partial charge in [-0.2, -0.15) is 0 Å². The maximum atomic E-state index is 11.8. The molecule has 0 unspecified atom stereocenters. The topological polar surface area (TPSA) is 70.4 Å². The number of anilines is 1. The molecule has 98 valence electrons. The monoisotopic (exact) mass is 262 g/mol. The zero-order chi connectivity index (χ0) is 13.3. The minimum absolute atomic E-state index is 0.265. The smallest absolute Gasteiger partial charge is 0.408 e. The van der Waals surface area contributed by atoms with Crippen molar-refractivity contribution in [1.82, 2.24) is 4.57 Å². The van der Waals surface area contributed by atoms with Crippen molar-refractivity contribution >= 4 is 16.8 Å². The SMILES string of the molecule is Nc1ccc2oc(=O)n(CCOC(F)(F)F)c2c1. The molecule has 1 aromatic carbocycles. The van der Waals surface area contributed by atoms with Crippen LogP contribution < -0.4 is 11.5 Å². The van der Waals surface area contributed by atoms with E-state index in [1.807, 2.05) is 0 Å². The Kier molecular flexibility index (Phi) is 3.04. The fourth-order valence-electron chi connectivity index (χ4n) is 1.54. The van der Waals surface area contributed by atoms with Crippen LogP contribution in [0.4, 0.5) is 18.9 Å². The summed E-state index contributed by atoms with van der Waals surface area (Å²) in [7, 11) is 0. The van der Waals surface area contributed by atoms with E-state index >= 15 is 0 Å². The van der Waals surface area contributed by atoms with Crippen LogP contribution in [-0.4, -0.2) is 17.5 Å². The Balaban J connectivity index is 2.25. The molecule has 2 aromatic rings. The second-order valence-corrected chi connectivity index (χ2v) is 3.54. The van der Waals surface area contributed by atoms with E-state index in [1.54, 1.807) is 0 Å². The van der Waals surface area contributed by atoms with Crippen molar-refractivity contribution in [1.29, 1.82) is 0 Å². The molecule has 1 aromatic heterocycles. The van der Waals surface area contributed by atoms with E-state index in [4.69, 9.17) is 10.2 Å². The van der Waals surface area contributed by atoms with Crippen LogP contribution in [0.3, 0.4) is 0 Å². The van der Waals surface area contributed by atoms with E-state index in [2.05, 4.69) is 4.74 Å². The van der Waals surface area contributed by atoms with Crippen LogP contribution in [0.1, 0.15) is 0 Å². The van der Waals surface area contributed by atoms with Gasteiger partial charge in [0.2, 0.25) is 0 Å². The van der Waals surface area contributed by atoms with Crippen LogP contribution in [0.25, 0.3) is 11.1 Å². The zero-order valence-electron chi connectivity index (χ0n) is 9.03. The number of rotatable bonds is 3. The number of hydrogen-bond acceptors (Lipinski definition) is 4. The van der Waals surface area contributed by atoms with Crippen molar-refractivity contribution < 1.29 is 22.3 Å². The third-order valence-electron chi connectivity index (χ3n) is 2.27. The highest BCUT2D eigenvalue weighted by molar-refractivity contribution is 5.76. The van der Waals surface area contributed by atoms with Gasteiger partial charge in [-0.25, -0.2) is 4.79 Å². The molecule has 0 spiro atoms. The Morgan fingerprint density at radius 3 is 2.78 bits per heavy atom. The number of nitrogens with two attached hydrogens (primary N) is 1. The van der Waals surface area contributed by atoms with Gasteiger partial charge in [-0.1, -0.05) is 0 Å². The van der Waals surface area contributed by atoms with Gasteiger partial charge in [-0.05, 0) is 18.2 Å². The van der Waals surface area contributed by atoms with Gasteiger partial charge in [0, 0.05) is 5.69 Å². The largest absolute Gasteiger partial charge is 0.522 e. The molecule has 0 aliphatic heterocycles. The lowest BCUT2D eigenvalue weighted by atomic mass is 10.3. The van der Waals surface area contributed by atoms with Crippen molar-refractivity contribution in [2.75, 3.05) is 12.3 Å². The minimum Gasteiger partial charge on any atom is -0.408 e. The van der Waals surface area contributed by atoms with Crippen LogP contribution in [-0.2, 0) is 11.3 Å². The maximum Gasteiger partial charge on any atom is 0.522 e. The highest BCUT2D eigenvalue weighted by Crippen LogP contribution is 2.18. The molecule has 0 amide bonds. The number of fused-ring (bicyclic) bond motifs is 1. The maximum absolute atomic E-state index is 11.8. The van der Waals surface area contributed by atoms with Crippen molar-refractivity contribution in [3.05, 3.63) is 28.7 Å². The summed E-state index contributed by atoms with van der Waals surface area (Å²) in [6, 6.07) is 4.46. The number of alkyl halides is 3. The first-order valence-corrected chi connectivity index (χ1v) is 4.96. The third kappa shape index (κ3) is 2.65. The molecule has 0 saturated carbocycles. The standard InChI is InChI=1S/C10H9F3N2O3/c11-10(12,13)17-4-3-15-7-5-6(14)1-2-8(7)18-9(15)16/h1-2,5H,3-4,14H2. The van der Waals surface area contributed by atoms with Gasteiger partial charge in [0.1, 0.15) is 0 Å². The van der Waals surface area contributed by atoms with E-state index in [9.17, 15) is 18.0 Å². The predicted octanol–water partition coefficient (Wildman–Crippen LogP) is 1.71. The first-order valence-electron chi connectivity index (χ1n) is 4.96. The summed E-state index contributed by atoms with van der Waals surface area (Å²) >= 11 is 0. The summed E-state index contributed by atoms with van der Waals surface area (Å²) in [6.45, 7) is -0.943. The van der Waals surface area contributed by atoms with Gasteiger partial charge in [0.15, 0.2) is 5.58 Å². The van der Waals surface area contributed by atoms with E-state index in [0.717, 1.165) is 4.57 Å². The lowest BCUT2D eigenvalue weighted by Gasteiger charge is -2.07. The van der Waals surface area contributed by atoms with Crippen molar-refractivity contribution in [2.45, 2.75) is 12.9 Å². The normalized spacial score (nSPS) is 12.2. The molecule has 18 heavy (non-hydrogen) atoms. The van der Waals surface area contributed by atoms with Crippen LogP contribution in [0.15, 0.2) is 27.4 Å². The number of oxazole rings is 1. The van der Waals surface area contributed by atoms with Gasteiger partial charge < -0.3 is 10.2 Å². The summed E-state index contributed by atoms with van der Waals surface area (Å²) in [6.07, 6.45) is -4.72. The summed E-state index contributed by atoms with van der Waals surface area (Å²) in [5.74, 6) is -0.749. The van der Waals surface area contributed by atoms with Gasteiger partial charge in [-0.3, -0.25) is 9.30 Å². The molecule has 2 rings (SSSR count). The molecule has 2 N–H and O–H groups in total.